The van der Waals surface area contributed by atoms with Crippen LogP contribution in [-0.4, -0.2) is 14.9 Å². The summed E-state index contributed by atoms with van der Waals surface area (Å²) in [6, 6.07) is 0. The molecule has 3 unspecified atom stereocenters. The molecular weight excluding hydrogens is 236 g/mol. The van der Waals surface area contributed by atoms with Crippen LogP contribution in [0, 0.1) is 17.8 Å². The van der Waals surface area contributed by atoms with Gasteiger partial charge in [0.05, 0.1) is 11.8 Å². The Morgan fingerprint density at radius 2 is 2.21 bits per heavy atom. The van der Waals surface area contributed by atoms with Crippen molar-refractivity contribution in [2.75, 3.05) is 0 Å². The average molecular weight is 264 g/mol. The smallest absolute Gasteiger partial charge is 0.0959 e. The van der Waals surface area contributed by atoms with E-state index in [9.17, 15) is 5.11 Å². The van der Waals surface area contributed by atoms with Crippen LogP contribution in [0.4, 0.5) is 0 Å². The average Bonchev–Trinajstić information content (AvgIpc) is 2.78. The molecule has 2 rings (SSSR count). The molecule has 1 saturated carbocycles. The van der Waals surface area contributed by atoms with Crippen molar-refractivity contribution >= 4 is 0 Å². The monoisotopic (exact) mass is 264 g/mol. The van der Waals surface area contributed by atoms with Crippen LogP contribution in [0.5, 0.6) is 0 Å². The van der Waals surface area contributed by atoms with E-state index in [-0.39, 0.29) is 0 Å². The number of aryl methyl sites for hydroxylation is 1. The van der Waals surface area contributed by atoms with E-state index < -0.39 is 5.60 Å². The van der Waals surface area contributed by atoms with Gasteiger partial charge in [-0.1, -0.05) is 34.1 Å². The van der Waals surface area contributed by atoms with Gasteiger partial charge in [0.2, 0.25) is 0 Å². The molecule has 1 aliphatic rings. The minimum Gasteiger partial charge on any atom is -0.385 e. The summed E-state index contributed by atoms with van der Waals surface area (Å²) in [4.78, 5) is 0. The normalized spacial score (nSPS) is 31.9. The Morgan fingerprint density at radius 1 is 1.47 bits per heavy atom. The molecule has 0 radical (unpaired) electrons. The van der Waals surface area contributed by atoms with Gasteiger partial charge in [-0.25, -0.2) is 0 Å². The Morgan fingerprint density at radius 3 is 2.84 bits per heavy atom. The molecule has 19 heavy (non-hydrogen) atoms. The summed E-state index contributed by atoms with van der Waals surface area (Å²) in [5.41, 5.74) is 0.337. The molecule has 1 fully saturated rings. The zero-order valence-electron chi connectivity index (χ0n) is 12.8. The summed E-state index contributed by atoms with van der Waals surface area (Å²) in [5.74, 6) is 1.45. The Bertz CT molecular complexity index is 413. The van der Waals surface area contributed by atoms with Gasteiger partial charge in [-0.2, -0.15) is 5.10 Å². The van der Waals surface area contributed by atoms with E-state index >= 15 is 0 Å². The summed E-state index contributed by atoms with van der Waals surface area (Å²) < 4.78 is 1.96. The highest BCUT2D eigenvalue weighted by molar-refractivity contribution is 5.18. The molecule has 0 amide bonds. The third-order valence-electron chi connectivity index (χ3n) is 4.63. The highest BCUT2D eigenvalue weighted by Gasteiger charge is 2.44. The lowest BCUT2D eigenvalue weighted by molar-refractivity contribution is -0.0866. The molecule has 1 aliphatic carbocycles. The molecule has 3 heteroatoms. The van der Waals surface area contributed by atoms with E-state index in [0.29, 0.717) is 17.8 Å². The number of nitrogens with zero attached hydrogens (tertiary/aromatic N) is 2. The molecule has 1 aromatic rings. The first-order chi connectivity index (χ1) is 8.97. The largest absolute Gasteiger partial charge is 0.385 e. The van der Waals surface area contributed by atoms with Crippen molar-refractivity contribution in [1.82, 2.24) is 9.78 Å². The third-order valence-corrected chi connectivity index (χ3v) is 4.63. The molecule has 0 spiro atoms. The van der Waals surface area contributed by atoms with Crippen LogP contribution in [0.2, 0.25) is 0 Å². The Kier molecular flexibility index (Phi) is 4.34. The first-order valence-electron chi connectivity index (χ1n) is 7.72. The van der Waals surface area contributed by atoms with Crippen molar-refractivity contribution < 1.29 is 5.11 Å². The van der Waals surface area contributed by atoms with Crippen molar-refractivity contribution in [3.05, 3.63) is 18.0 Å². The molecular formula is C16H28N2O. The number of aliphatic hydroxyl groups is 1. The fourth-order valence-corrected chi connectivity index (χ4v) is 3.64. The molecule has 3 atom stereocenters. The summed E-state index contributed by atoms with van der Waals surface area (Å²) in [5, 5.41) is 15.7. The first-order valence-corrected chi connectivity index (χ1v) is 7.72. The Hall–Kier alpha value is -0.830. The maximum Gasteiger partial charge on any atom is 0.0959 e. The quantitative estimate of drug-likeness (QED) is 0.902. The topological polar surface area (TPSA) is 38.0 Å². The summed E-state index contributed by atoms with van der Waals surface area (Å²) in [6.07, 6.45) is 8.22. The van der Waals surface area contributed by atoms with Crippen LogP contribution >= 0.6 is 0 Å². The minimum atomic E-state index is -0.683. The highest BCUT2D eigenvalue weighted by atomic mass is 16.3. The van der Waals surface area contributed by atoms with Gasteiger partial charge in [0.1, 0.15) is 0 Å². The van der Waals surface area contributed by atoms with Crippen LogP contribution in [0.1, 0.15) is 58.9 Å². The van der Waals surface area contributed by atoms with E-state index in [1.54, 1.807) is 0 Å². The fraction of sp³-hybridized carbons (Fsp3) is 0.812. The van der Waals surface area contributed by atoms with E-state index in [2.05, 4.69) is 39.0 Å². The van der Waals surface area contributed by atoms with Crippen LogP contribution in [-0.2, 0) is 12.1 Å². The van der Waals surface area contributed by atoms with Crippen molar-refractivity contribution in [3.8, 4) is 0 Å². The van der Waals surface area contributed by atoms with Gasteiger partial charge in [-0.3, -0.25) is 4.68 Å². The third kappa shape index (κ3) is 2.86. The molecule has 1 heterocycles. The second-order valence-electron chi connectivity index (χ2n) is 6.65. The SMILES string of the molecule is CCCn1cc(C2(O)CC(C)CCC2C(C)C)cn1. The maximum absolute atomic E-state index is 11.3. The van der Waals surface area contributed by atoms with Crippen molar-refractivity contribution in [2.24, 2.45) is 17.8 Å². The van der Waals surface area contributed by atoms with Crippen LogP contribution in [0.15, 0.2) is 12.4 Å². The van der Waals surface area contributed by atoms with Gasteiger partial charge < -0.3 is 5.11 Å². The summed E-state index contributed by atoms with van der Waals surface area (Å²) in [7, 11) is 0. The van der Waals surface area contributed by atoms with Gasteiger partial charge in [0.15, 0.2) is 0 Å². The van der Waals surface area contributed by atoms with Crippen molar-refractivity contribution in [3.63, 3.8) is 0 Å². The van der Waals surface area contributed by atoms with Crippen LogP contribution in [0.25, 0.3) is 0 Å². The summed E-state index contributed by atoms with van der Waals surface area (Å²) in [6.45, 7) is 9.77. The zero-order valence-corrected chi connectivity index (χ0v) is 12.8. The molecule has 0 aromatic carbocycles. The molecule has 3 nitrogen and oxygen atoms in total. The van der Waals surface area contributed by atoms with E-state index in [4.69, 9.17) is 0 Å². The molecule has 108 valence electrons. The van der Waals surface area contributed by atoms with Crippen molar-refractivity contribution in [2.45, 2.75) is 65.5 Å². The number of hydrogen-bond acceptors (Lipinski definition) is 2. The lowest BCUT2D eigenvalue weighted by atomic mass is 9.65. The van der Waals surface area contributed by atoms with Crippen LogP contribution in [0.3, 0.4) is 0 Å². The van der Waals surface area contributed by atoms with E-state index in [1.165, 1.54) is 6.42 Å². The van der Waals surface area contributed by atoms with Gasteiger partial charge in [-0.05, 0) is 37.0 Å². The highest BCUT2D eigenvalue weighted by Crippen LogP contribution is 2.47. The predicted octanol–water partition coefficient (Wildman–Crippen LogP) is 3.57. The first kappa shape index (κ1) is 14.6. The predicted molar refractivity (Wildman–Crippen MR) is 77.8 cm³/mol. The van der Waals surface area contributed by atoms with E-state index in [0.717, 1.165) is 31.4 Å². The van der Waals surface area contributed by atoms with Gasteiger partial charge in [0.25, 0.3) is 0 Å². The number of hydrogen-bond donors (Lipinski definition) is 1. The molecule has 0 bridgehead atoms. The van der Waals surface area contributed by atoms with Gasteiger partial charge >= 0.3 is 0 Å². The molecule has 1 aromatic heterocycles. The number of aromatic nitrogens is 2. The lowest BCUT2D eigenvalue weighted by Crippen LogP contribution is -2.42. The maximum atomic E-state index is 11.3. The number of rotatable bonds is 4. The molecule has 0 aliphatic heterocycles. The Balaban J connectivity index is 2.29. The minimum absolute atomic E-state index is 0.350. The van der Waals surface area contributed by atoms with E-state index in [1.807, 2.05) is 10.9 Å². The van der Waals surface area contributed by atoms with Crippen molar-refractivity contribution in [1.29, 1.82) is 0 Å². The second-order valence-corrected chi connectivity index (χ2v) is 6.65. The molecule has 1 N–H and O–H groups in total. The standard InChI is InChI=1S/C16H28N2O/c1-5-8-18-11-14(10-17-18)16(19)9-13(4)6-7-15(16)12(2)3/h10-13,15,19H,5-9H2,1-4H3. The lowest BCUT2D eigenvalue weighted by Gasteiger charge is -2.44. The zero-order chi connectivity index (χ0) is 14.0. The summed E-state index contributed by atoms with van der Waals surface area (Å²) >= 11 is 0. The van der Waals surface area contributed by atoms with Gasteiger partial charge in [-0.15, -0.1) is 0 Å². The molecule has 0 saturated heterocycles. The Labute approximate surface area is 117 Å². The van der Waals surface area contributed by atoms with Gasteiger partial charge in [0, 0.05) is 18.3 Å². The fourth-order valence-electron chi connectivity index (χ4n) is 3.64. The van der Waals surface area contributed by atoms with Crippen LogP contribution < -0.4 is 0 Å². The second kappa shape index (κ2) is 5.66.